The van der Waals surface area contributed by atoms with E-state index in [0.29, 0.717) is 5.82 Å². The molecule has 0 aliphatic heterocycles. The van der Waals surface area contributed by atoms with Crippen LogP contribution in [0.25, 0.3) is 83.4 Å². The topological polar surface area (TPSA) is 43.1 Å². The molecule has 4 heteroatoms. The largest absolute Gasteiger partial charge is 0.287 e. The third-order valence-electron chi connectivity index (χ3n) is 8.58. The highest BCUT2D eigenvalue weighted by molar-refractivity contribution is 6.17. The molecule has 0 saturated heterocycles. The zero-order valence-electron chi connectivity index (χ0n) is 24.3. The average molecular weight is 575 g/mol. The van der Waals surface area contributed by atoms with E-state index in [4.69, 9.17) is 15.0 Å². The van der Waals surface area contributed by atoms with Gasteiger partial charge >= 0.3 is 0 Å². The molecule has 3 heterocycles. The highest BCUT2D eigenvalue weighted by atomic mass is 15.1. The zero-order chi connectivity index (χ0) is 29.7. The molecule has 45 heavy (non-hydrogen) atoms. The van der Waals surface area contributed by atoms with Gasteiger partial charge in [-0.3, -0.25) is 4.40 Å². The molecule has 0 N–H and O–H groups in total. The quantitative estimate of drug-likeness (QED) is 0.196. The molecule has 0 unspecified atom stereocenters. The highest BCUT2D eigenvalue weighted by Crippen LogP contribution is 2.42. The van der Waals surface area contributed by atoms with Crippen LogP contribution in [0.2, 0.25) is 0 Å². The lowest BCUT2D eigenvalue weighted by molar-refractivity contribution is 1.19. The molecule has 9 rings (SSSR count). The van der Waals surface area contributed by atoms with E-state index in [0.717, 1.165) is 77.6 Å². The maximum atomic E-state index is 5.48. The first-order valence-corrected chi connectivity index (χ1v) is 15.1. The van der Waals surface area contributed by atoms with Crippen molar-refractivity contribution in [3.8, 4) is 44.9 Å². The van der Waals surface area contributed by atoms with E-state index in [9.17, 15) is 0 Å². The van der Waals surface area contributed by atoms with Crippen LogP contribution in [0.4, 0.5) is 0 Å². The van der Waals surface area contributed by atoms with Crippen molar-refractivity contribution in [1.29, 1.82) is 0 Å². The standard InChI is InChI=1S/C41H26N4/c1-5-15-27(16-6-1)31-25-26-32(28-17-7-2-8-18-28)38-36(31)44-41-34-24-14-13-23-33(34)37-39(45(38)41)35(29-19-9-3-10-20-29)42-40(43-37)30-21-11-4-12-22-30/h1-26H. The van der Waals surface area contributed by atoms with Crippen LogP contribution >= 0.6 is 0 Å². The summed E-state index contributed by atoms with van der Waals surface area (Å²) in [5.41, 5.74) is 12.1. The Balaban J connectivity index is 1.55. The van der Waals surface area contributed by atoms with Crippen molar-refractivity contribution in [3.05, 3.63) is 158 Å². The molecule has 0 aliphatic rings. The molecule has 0 bridgehead atoms. The second-order valence-electron chi connectivity index (χ2n) is 11.2. The number of hydrogen-bond donors (Lipinski definition) is 0. The Morgan fingerprint density at radius 3 is 1.51 bits per heavy atom. The minimum absolute atomic E-state index is 0.698. The molecule has 0 saturated carbocycles. The Morgan fingerprint density at radius 1 is 0.356 bits per heavy atom. The Bertz CT molecular complexity index is 2500. The number of nitrogens with zero attached hydrogens (tertiary/aromatic N) is 4. The summed E-state index contributed by atoms with van der Waals surface area (Å²) < 4.78 is 2.32. The van der Waals surface area contributed by atoms with Crippen molar-refractivity contribution in [3.63, 3.8) is 0 Å². The Morgan fingerprint density at radius 2 is 0.867 bits per heavy atom. The van der Waals surface area contributed by atoms with Crippen LogP contribution in [0, 0.1) is 0 Å². The van der Waals surface area contributed by atoms with Gasteiger partial charge in [-0.25, -0.2) is 15.0 Å². The van der Waals surface area contributed by atoms with Crippen LogP contribution in [0.1, 0.15) is 0 Å². The highest BCUT2D eigenvalue weighted by Gasteiger charge is 2.23. The number of benzene rings is 6. The van der Waals surface area contributed by atoms with Crippen LogP contribution in [-0.2, 0) is 0 Å². The van der Waals surface area contributed by atoms with E-state index in [1.807, 2.05) is 24.3 Å². The van der Waals surface area contributed by atoms with Gasteiger partial charge in [-0.15, -0.1) is 0 Å². The van der Waals surface area contributed by atoms with Gasteiger partial charge in [0.05, 0.1) is 22.2 Å². The lowest BCUT2D eigenvalue weighted by Crippen LogP contribution is -2.02. The summed E-state index contributed by atoms with van der Waals surface area (Å²) in [4.78, 5) is 16.1. The number of hydrogen-bond acceptors (Lipinski definition) is 3. The monoisotopic (exact) mass is 574 g/mol. The van der Waals surface area contributed by atoms with Gasteiger partial charge in [0.25, 0.3) is 0 Å². The molecule has 210 valence electrons. The molecular formula is C41H26N4. The van der Waals surface area contributed by atoms with Crippen LogP contribution < -0.4 is 0 Å². The van der Waals surface area contributed by atoms with E-state index in [2.05, 4.69) is 138 Å². The molecule has 0 amide bonds. The maximum Gasteiger partial charge on any atom is 0.160 e. The smallest absolute Gasteiger partial charge is 0.160 e. The van der Waals surface area contributed by atoms with Gasteiger partial charge in [-0.2, -0.15) is 0 Å². The van der Waals surface area contributed by atoms with Crippen molar-refractivity contribution >= 4 is 38.5 Å². The molecule has 9 aromatic rings. The van der Waals surface area contributed by atoms with Gasteiger partial charge in [0, 0.05) is 33.0 Å². The van der Waals surface area contributed by atoms with Gasteiger partial charge in [0.15, 0.2) is 5.82 Å². The van der Waals surface area contributed by atoms with Crippen molar-refractivity contribution in [2.75, 3.05) is 0 Å². The summed E-state index contributed by atoms with van der Waals surface area (Å²) in [5.74, 6) is 0.698. The summed E-state index contributed by atoms with van der Waals surface area (Å²) >= 11 is 0. The Hall–Kier alpha value is -6.13. The maximum absolute atomic E-state index is 5.48. The number of aromatic nitrogens is 4. The van der Waals surface area contributed by atoms with E-state index in [1.165, 1.54) is 0 Å². The third-order valence-corrected chi connectivity index (χ3v) is 8.58. The lowest BCUT2D eigenvalue weighted by atomic mass is 9.97. The normalized spacial score (nSPS) is 11.6. The van der Waals surface area contributed by atoms with Crippen molar-refractivity contribution in [2.45, 2.75) is 0 Å². The van der Waals surface area contributed by atoms with Gasteiger partial charge in [-0.1, -0.05) is 158 Å². The van der Waals surface area contributed by atoms with Crippen LogP contribution in [0.3, 0.4) is 0 Å². The fourth-order valence-electron chi connectivity index (χ4n) is 6.53. The van der Waals surface area contributed by atoms with Gasteiger partial charge in [0.2, 0.25) is 0 Å². The summed E-state index contributed by atoms with van der Waals surface area (Å²) in [7, 11) is 0. The van der Waals surface area contributed by atoms with Crippen molar-refractivity contribution < 1.29 is 0 Å². The Kier molecular flexibility index (Phi) is 5.78. The first-order valence-electron chi connectivity index (χ1n) is 15.1. The predicted molar refractivity (Wildman–Crippen MR) is 185 cm³/mol. The van der Waals surface area contributed by atoms with E-state index in [1.54, 1.807) is 0 Å². The fourth-order valence-corrected chi connectivity index (χ4v) is 6.53. The number of rotatable bonds is 4. The molecule has 0 radical (unpaired) electrons. The number of pyridine rings is 1. The number of fused-ring (bicyclic) bond motifs is 8. The second-order valence-corrected chi connectivity index (χ2v) is 11.2. The average Bonchev–Trinajstić information content (AvgIpc) is 3.53. The van der Waals surface area contributed by atoms with Gasteiger partial charge in [0.1, 0.15) is 11.2 Å². The predicted octanol–water partition coefficient (Wildman–Crippen LogP) is 10.3. The summed E-state index contributed by atoms with van der Waals surface area (Å²) in [6.07, 6.45) is 0. The molecule has 4 nitrogen and oxygen atoms in total. The molecule has 0 spiro atoms. The molecular weight excluding hydrogens is 548 g/mol. The third kappa shape index (κ3) is 4.04. The first-order chi connectivity index (χ1) is 22.3. The minimum Gasteiger partial charge on any atom is -0.287 e. The van der Waals surface area contributed by atoms with Gasteiger partial charge in [-0.05, 0) is 11.1 Å². The van der Waals surface area contributed by atoms with E-state index >= 15 is 0 Å². The summed E-state index contributed by atoms with van der Waals surface area (Å²) in [6.45, 7) is 0. The SMILES string of the molecule is c1ccc(-c2nc(-c3ccccc3)c3c(n2)c2ccccc2c2nc4c(-c5ccccc5)ccc(-c5ccccc5)c4n23)cc1. The molecule has 0 aliphatic carbocycles. The van der Waals surface area contributed by atoms with E-state index < -0.39 is 0 Å². The van der Waals surface area contributed by atoms with Gasteiger partial charge < -0.3 is 0 Å². The molecule has 6 aromatic carbocycles. The fraction of sp³-hybridized carbons (Fsp3) is 0. The minimum atomic E-state index is 0.698. The Labute approximate surface area is 259 Å². The number of imidazole rings is 1. The van der Waals surface area contributed by atoms with E-state index in [-0.39, 0.29) is 0 Å². The van der Waals surface area contributed by atoms with Crippen LogP contribution in [0.5, 0.6) is 0 Å². The first kappa shape index (κ1) is 25.4. The molecule has 3 aromatic heterocycles. The summed E-state index contributed by atoms with van der Waals surface area (Å²) in [5, 5.41) is 2.10. The second kappa shape index (κ2) is 10.2. The van der Waals surface area contributed by atoms with Crippen molar-refractivity contribution in [2.24, 2.45) is 0 Å². The van der Waals surface area contributed by atoms with Crippen molar-refractivity contribution in [1.82, 2.24) is 19.4 Å². The molecule has 0 atom stereocenters. The lowest BCUT2D eigenvalue weighted by Gasteiger charge is -2.15. The summed E-state index contributed by atoms with van der Waals surface area (Å²) in [6, 6.07) is 54.7. The van der Waals surface area contributed by atoms with Crippen LogP contribution in [0.15, 0.2) is 158 Å². The van der Waals surface area contributed by atoms with Crippen LogP contribution in [-0.4, -0.2) is 19.4 Å². The zero-order valence-corrected chi connectivity index (χ0v) is 24.3. The molecule has 0 fully saturated rings.